The number of anilines is 2. The Morgan fingerprint density at radius 3 is 2.38 bits per heavy atom. The van der Waals surface area contributed by atoms with Crippen molar-refractivity contribution in [2.75, 3.05) is 22.9 Å². The minimum absolute atomic E-state index is 0.141. The van der Waals surface area contributed by atoms with E-state index in [9.17, 15) is 18.0 Å². The molecular formula is C25H21ClF3N3OS. The predicted octanol–water partition coefficient (Wildman–Crippen LogP) is 5.80. The Hall–Kier alpha value is -2.68. The molecule has 1 atom stereocenters. The summed E-state index contributed by atoms with van der Waals surface area (Å²) < 4.78 is 44.0. The molecule has 2 aliphatic heterocycles. The molecular weight excluding hydrogens is 483 g/mol. The first kappa shape index (κ1) is 23.1. The monoisotopic (exact) mass is 503 g/mol. The van der Waals surface area contributed by atoms with Crippen molar-refractivity contribution in [2.24, 2.45) is 11.1 Å². The molecule has 176 valence electrons. The van der Waals surface area contributed by atoms with Crippen LogP contribution in [0.15, 0.2) is 53.4 Å². The van der Waals surface area contributed by atoms with Crippen molar-refractivity contribution in [1.29, 1.82) is 0 Å². The number of amides is 1. The molecule has 1 fully saturated rings. The summed E-state index contributed by atoms with van der Waals surface area (Å²) in [6, 6.07) is 12.2. The van der Waals surface area contributed by atoms with Crippen LogP contribution in [-0.4, -0.2) is 25.0 Å². The highest BCUT2D eigenvalue weighted by atomic mass is 35.5. The Bertz CT molecular complexity index is 1280. The standard InChI is InChI=1S/C25H21ClF3N3OS/c1-13-6-15-9-19(27)23(34-30)10-22(15)32(13)25(33)16-11-31(12-16)24-20(28)7-14(8-21(24)29)17-4-2-3-5-18(17)26/h2-5,7-10,13,16H,6,11-12,30H2,1H3. The van der Waals surface area contributed by atoms with Crippen molar-refractivity contribution in [3.63, 3.8) is 0 Å². The van der Waals surface area contributed by atoms with E-state index in [1.807, 2.05) is 6.92 Å². The maximum absolute atomic E-state index is 14.9. The van der Waals surface area contributed by atoms with E-state index in [-0.39, 0.29) is 35.6 Å². The minimum Gasteiger partial charge on any atom is -0.365 e. The first-order valence-electron chi connectivity index (χ1n) is 10.8. The number of nitrogens with zero attached hydrogens (tertiary/aromatic N) is 2. The van der Waals surface area contributed by atoms with Gasteiger partial charge in [-0.3, -0.25) is 9.93 Å². The van der Waals surface area contributed by atoms with Gasteiger partial charge in [-0.1, -0.05) is 29.8 Å². The Morgan fingerprint density at radius 1 is 1.06 bits per heavy atom. The number of halogens is 4. The van der Waals surface area contributed by atoms with Crippen molar-refractivity contribution in [3.05, 3.63) is 76.6 Å². The first-order chi connectivity index (χ1) is 16.3. The second-order valence-electron chi connectivity index (χ2n) is 8.66. The molecule has 0 saturated carbocycles. The third-order valence-corrected chi connectivity index (χ3v) is 7.36. The summed E-state index contributed by atoms with van der Waals surface area (Å²) >= 11 is 6.96. The zero-order valence-corrected chi connectivity index (χ0v) is 19.8. The molecule has 3 aromatic rings. The van der Waals surface area contributed by atoms with Gasteiger partial charge >= 0.3 is 0 Å². The molecule has 1 saturated heterocycles. The van der Waals surface area contributed by atoms with Crippen LogP contribution in [0.4, 0.5) is 24.5 Å². The Labute approximate surface area is 204 Å². The topological polar surface area (TPSA) is 49.6 Å². The number of hydrogen-bond acceptors (Lipinski definition) is 4. The highest BCUT2D eigenvalue weighted by molar-refractivity contribution is 7.97. The van der Waals surface area contributed by atoms with E-state index in [4.69, 9.17) is 16.7 Å². The van der Waals surface area contributed by atoms with Gasteiger partial charge in [0.15, 0.2) is 0 Å². The number of rotatable bonds is 4. The van der Waals surface area contributed by atoms with Crippen molar-refractivity contribution in [3.8, 4) is 11.1 Å². The molecule has 0 aromatic heterocycles. The van der Waals surface area contributed by atoms with Crippen LogP contribution in [0.1, 0.15) is 12.5 Å². The van der Waals surface area contributed by atoms with Crippen LogP contribution in [0.25, 0.3) is 11.1 Å². The smallest absolute Gasteiger partial charge is 0.233 e. The molecule has 3 aromatic carbocycles. The third kappa shape index (κ3) is 3.83. The fourth-order valence-electron chi connectivity index (χ4n) is 4.78. The molecule has 9 heteroatoms. The Balaban J connectivity index is 1.35. The maximum atomic E-state index is 14.9. The molecule has 0 radical (unpaired) electrons. The molecule has 5 rings (SSSR count). The summed E-state index contributed by atoms with van der Waals surface area (Å²) in [4.78, 5) is 16.7. The summed E-state index contributed by atoms with van der Waals surface area (Å²) in [7, 11) is 0. The summed E-state index contributed by atoms with van der Waals surface area (Å²) in [6.45, 7) is 2.28. The molecule has 1 amide bonds. The lowest BCUT2D eigenvalue weighted by molar-refractivity contribution is -0.123. The second-order valence-corrected chi connectivity index (χ2v) is 9.74. The molecule has 4 nitrogen and oxygen atoms in total. The zero-order valence-electron chi connectivity index (χ0n) is 18.2. The summed E-state index contributed by atoms with van der Waals surface area (Å²) in [5, 5.41) is 5.96. The molecule has 2 heterocycles. The largest absolute Gasteiger partial charge is 0.365 e. The quantitative estimate of drug-likeness (QED) is 0.457. The fourth-order valence-corrected chi connectivity index (χ4v) is 5.37. The van der Waals surface area contributed by atoms with Crippen LogP contribution in [0.2, 0.25) is 5.02 Å². The van der Waals surface area contributed by atoms with E-state index in [0.29, 0.717) is 28.3 Å². The molecule has 2 N–H and O–H groups in total. The van der Waals surface area contributed by atoms with Crippen LogP contribution in [0.5, 0.6) is 0 Å². The summed E-state index contributed by atoms with van der Waals surface area (Å²) in [5.41, 5.74) is 2.13. The Morgan fingerprint density at radius 2 is 1.74 bits per heavy atom. The van der Waals surface area contributed by atoms with Gasteiger partial charge < -0.3 is 9.80 Å². The first-order valence-corrected chi connectivity index (χ1v) is 12.1. The maximum Gasteiger partial charge on any atom is 0.233 e. The normalized spacial score (nSPS) is 17.6. The molecule has 0 bridgehead atoms. The van der Waals surface area contributed by atoms with Gasteiger partial charge in [0, 0.05) is 35.4 Å². The van der Waals surface area contributed by atoms with Gasteiger partial charge in [-0.2, -0.15) is 0 Å². The van der Waals surface area contributed by atoms with Gasteiger partial charge in [0.05, 0.1) is 10.8 Å². The molecule has 1 unspecified atom stereocenters. The number of fused-ring (bicyclic) bond motifs is 1. The minimum atomic E-state index is -0.708. The number of carbonyl (C=O) groups excluding carboxylic acids is 1. The van der Waals surface area contributed by atoms with Gasteiger partial charge in [-0.05, 0) is 66.8 Å². The average molecular weight is 504 g/mol. The summed E-state index contributed by atoms with van der Waals surface area (Å²) in [6.07, 6.45) is 0.538. The second kappa shape index (κ2) is 8.83. The predicted molar refractivity (Wildman–Crippen MR) is 130 cm³/mol. The van der Waals surface area contributed by atoms with Crippen LogP contribution in [0, 0.1) is 23.4 Å². The molecule has 0 spiro atoms. The number of carbonyl (C=O) groups is 1. The lowest BCUT2D eigenvalue weighted by atomic mass is 9.95. The van der Waals surface area contributed by atoms with Crippen molar-refractivity contribution in [1.82, 2.24) is 0 Å². The number of benzene rings is 3. The molecule has 2 aliphatic rings. The van der Waals surface area contributed by atoms with Gasteiger partial charge in [-0.25, -0.2) is 13.2 Å². The van der Waals surface area contributed by atoms with E-state index in [2.05, 4.69) is 0 Å². The van der Waals surface area contributed by atoms with Gasteiger partial charge in [-0.15, -0.1) is 0 Å². The molecule has 0 aliphatic carbocycles. The van der Waals surface area contributed by atoms with E-state index >= 15 is 0 Å². The van der Waals surface area contributed by atoms with Gasteiger partial charge in [0.25, 0.3) is 0 Å². The van der Waals surface area contributed by atoms with Crippen molar-refractivity contribution < 1.29 is 18.0 Å². The van der Waals surface area contributed by atoms with Crippen LogP contribution in [-0.2, 0) is 11.2 Å². The van der Waals surface area contributed by atoms with E-state index in [1.54, 1.807) is 35.2 Å². The van der Waals surface area contributed by atoms with Crippen LogP contribution >= 0.6 is 23.5 Å². The fraction of sp³-hybridized carbons (Fsp3) is 0.240. The molecule has 34 heavy (non-hydrogen) atoms. The van der Waals surface area contributed by atoms with Gasteiger partial charge in [0.2, 0.25) is 5.91 Å². The Kier molecular flexibility index (Phi) is 6.00. The van der Waals surface area contributed by atoms with Gasteiger partial charge in [0.1, 0.15) is 23.1 Å². The summed E-state index contributed by atoms with van der Waals surface area (Å²) in [5.74, 6) is -2.39. The zero-order chi connectivity index (χ0) is 24.1. The van der Waals surface area contributed by atoms with E-state index in [0.717, 1.165) is 17.5 Å². The highest BCUT2D eigenvalue weighted by Crippen LogP contribution is 2.40. The average Bonchev–Trinajstić information content (AvgIpc) is 3.08. The lowest BCUT2D eigenvalue weighted by Gasteiger charge is -2.42. The SMILES string of the molecule is CC1Cc2cc(F)c(SN)cc2N1C(=O)C1CN(c2c(F)cc(-c3ccccc3Cl)cc2F)C1. The van der Waals surface area contributed by atoms with Crippen LogP contribution in [0.3, 0.4) is 0 Å². The number of nitrogens with two attached hydrogens (primary N) is 1. The van der Waals surface area contributed by atoms with E-state index < -0.39 is 23.4 Å². The highest BCUT2D eigenvalue weighted by Gasteiger charge is 2.42. The lowest BCUT2D eigenvalue weighted by Crippen LogP contribution is -2.56. The van der Waals surface area contributed by atoms with E-state index in [1.165, 1.54) is 23.1 Å². The van der Waals surface area contributed by atoms with Crippen molar-refractivity contribution >= 4 is 40.8 Å². The van der Waals surface area contributed by atoms with Crippen LogP contribution < -0.4 is 14.9 Å². The van der Waals surface area contributed by atoms with Crippen molar-refractivity contribution in [2.45, 2.75) is 24.3 Å². The number of hydrogen-bond donors (Lipinski definition) is 1. The third-order valence-electron chi connectivity index (χ3n) is 6.46.